The molecule has 2 unspecified atom stereocenters. The van der Waals surface area contributed by atoms with Crippen molar-refractivity contribution >= 4 is 5.91 Å². The highest BCUT2D eigenvalue weighted by molar-refractivity contribution is 5.77. The van der Waals surface area contributed by atoms with E-state index in [1.807, 2.05) is 30.3 Å². The van der Waals surface area contributed by atoms with E-state index >= 15 is 0 Å². The summed E-state index contributed by atoms with van der Waals surface area (Å²) in [4.78, 5) is 14.2. The lowest BCUT2D eigenvalue weighted by atomic mass is 10.0. The van der Waals surface area contributed by atoms with Crippen molar-refractivity contribution in [1.29, 1.82) is 0 Å². The average molecular weight is 329 g/mol. The van der Waals surface area contributed by atoms with E-state index < -0.39 is 11.9 Å². The van der Waals surface area contributed by atoms with E-state index in [0.717, 1.165) is 5.56 Å². The van der Waals surface area contributed by atoms with Gasteiger partial charge < -0.3 is 14.7 Å². The molecule has 4 nitrogen and oxygen atoms in total. The highest BCUT2D eigenvalue weighted by Gasteiger charge is 2.26. The van der Waals surface area contributed by atoms with E-state index in [9.17, 15) is 14.3 Å². The summed E-state index contributed by atoms with van der Waals surface area (Å²) in [7, 11) is 0. The van der Waals surface area contributed by atoms with Crippen molar-refractivity contribution < 1.29 is 19.0 Å². The molecule has 0 aromatic heterocycles. The Morgan fingerprint density at radius 3 is 2.79 bits per heavy atom. The molecule has 1 N–H and O–H groups in total. The molecule has 0 spiro atoms. The van der Waals surface area contributed by atoms with Gasteiger partial charge in [0, 0.05) is 6.54 Å². The van der Waals surface area contributed by atoms with Gasteiger partial charge in [0.05, 0.1) is 25.7 Å². The number of hydrogen-bond acceptors (Lipinski definition) is 3. The molecule has 0 aliphatic carbocycles. The number of hydrogen-bond donors (Lipinski definition) is 1. The number of carbonyl (C=O) groups excluding carboxylic acids is 1. The first kappa shape index (κ1) is 16.6. The minimum Gasteiger partial charge on any atom is -0.388 e. The maximum absolute atomic E-state index is 13.2. The lowest BCUT2D eigenvalue weighted by Crippen LogP contribution is -2.42. The van der Waals surface area contributed by atoms with E-state index in [0.29, 0.717) is 25.3 Å². The van der Waals surface area contributed by atoms with Crippen LogP contribution in [0, 0.1) is 5.82 Å². The van der Waals surface area contributed by atoms with Crippen LogP contribution in [0.2, 0.25) is 0 Å². The van der Waals surface area contributed by atoms with Gasteiger partial charge in [0.2, 0.25) is 5.91 Å². The minimum absolute atomic E-state index is 0.0645. The number of morpholine rings is 1. The minimum atomic E-state index is -1.01. The van der Waals surface area contributed by atoms with Crippen molar-refractivity contribution in [1.82, 2.24) is 4.90 Å². The van der Waals surface area contributed by atoms with Crippen molar-refractivity contribution in [2.24, 2.45) is 0 Å². The van der Waals surface area contributed by atoms with Gasteiger partial charge in [-0.2, -0.15) is 0 Å². The van der Waals surface area contributed by atoms with Gasteiger partial charge in [-0.15, -0.1) is 0 Å². The fourth-order valence-electron chi connectivity index (χ4n) is 2.87. The third kappa shape index (κ3) is 3.99. The number of aliphatic hydroxyl groups excluding tert-OH is 1. The third-order valence-corrected chi connectivity index (χ3v) is 4.19. The smallest absolute Gasteiger partial charge is 0.225 e. The highest BCUT2D eigenvalue weighted by atomic mass is 19.1. The molecule has 1 saturated heterocycles. The summed E-state index contributed by atoms with van der Waals surface area (Å²) in [5.74, 6) is -0.578. The predicted octanol–water partition coefficient (Wildman–Crippen LogP) is 2.85. The first-order valence-electron chi connectivity index (χ1n) is 8.01. The summed E-state index contributed by atoms with van der Waals surface area (Å²) < 4.78 is 19.0. The number of ether oxygens (including phenoxy) is 1. The van der Waals surface area contributed by atoms with Crippen LogP contribution in [0.3, 0.4) is 0 Å². The van der Waals surface area contributed by atoms with Crippen LogP contribution < -0.4 is 0 Å². The van der Waals surface area contributed by atoms with Crippen LogP contribution in [0.5, 0.6) is 0 Å². The second-order valence-corrected chi connectivity index (χ2v) is 5.88. The Balaban J connectivity index is 1.62. The van der Waals surface area contributed by atoms with Crippen LogP contribution in [0.1, 0.15) is 29.8 Å². The van der Waals surface area contributed by atoms with Crippen LogP contribution in [0.15, 0.2) is 54.6 Å². The zero-order valence-corrected chi connectivity index (χ0v) is 13.3. The summed E-state index contributed by atoms with van der Waals surface area (Å²) >= 11 is 0. The quantitative estimate of drug-likeness (QED) is 0.938. The van der Waals surface area contributed by atoms with Crippen molar-refractivity contribution in [3.8, 4) is 0 Å². The van der Waals surface area contributed by atoms with Gasteiger partial charge in [-0.25, -0.2) is 4.39 Å². The van der Waals surface area contributed by atoms with E-state index in [1.54, 1.807) is 11.0 Å². The predicted molar refractivity (Wildman–Crippen MR) is 87.7 cm³/mol. The largest absolute Gasteiger partial charge is 0.388 e. The first-order chi connectivity index (χ1) is 11.6. The molecule has 0 bridgehead atoms. The van der Waals surface area contributed by atoms with Gasteiger partial charge in [0.15, 0.2) is 0 Å². The molecule has 3 rings (SSSR count). The molecular weight excluding hydrogens is 309 g/mol. The molecule has 126 valence electrons. The first-order valence-corrected chi connectivity index (χ1v) is 8.01. The fraction of sp³-hybridized carbons (Fsp3) is 0.316. The van der Waals surface area contributed by atoms with Crippen molar-refractivity contribution in [2.45, 2.75) is 18.6 Å². The van der Waals surface area contributed by atoms with Gasteiger partial charge in [-0.1, -0.05) is 42.5 Å². The second-order valence-electron chi connectivity index (χ2n) is 5.88. The Hall–Kier alpha value is -2.24. The number of amides is 1. The van der Waals surface area contributed by atoms with Crippen LogP contribution in [0.4, 0.5) is 4.39 Å². The van der Waals surface area contributed by atoms with E-state index in [2.05, 4.69) is 0 Å². The van der Waals surface area contributed by atoms with Gasteiger partial charge in [0.25, 0.3) is 0 Å². The number of halogens is 1. The molecular formula is C19H20FNO3. The molecule has 1 fully saturated rings. The monoisotopic (exact) mass is 329 g/mol. The lowest BCUT2D eigenvalue weighted by molar-refractivity contribution is -0.141. The van der Waals surface area contributed by atoms with Crippen LogP contribution in [-0.4, -0.2) is 35.6 Å². The molecule has 1 aliphatic heterocycles. The lowest BCUT2D eigenvalue weighted by Gasteiger charge is -2.33. The van der Waals surface area contributed by atoms with Gasteiger partial charge >= 0.3 is 0 Å². The molecule has 1 aliphatic rings. The molecule has 2 aromatic rings. The summed E-state index contributed by atoms with van der Waals surface area (Å²) in [5.41, 5.74) is 1.44. The van der Waals surface area contributed by atoms with Crippen LogP contribution >= 0.6 is 0 Å². The Morgan fingerprint density at radius 1 is 1.25 bits per heavy atom. The van der Waals surface area contributed by atoms with Crippen molar-refractivity contribution in [3.05, 3.63) is 71.5 Å². The number of carbonyl (C=O) groups is 1. The summed E-state index contributed by atoms with van der Waals surface area (Å²) in [6, 6.07) is 15.5. The Kier molecular flexibility index (Phi) is 5.23. The third-order valence-electron chi connectivity index (χ3n) is 4.19. The highest BCUT2D eigenvalue weighted by Crippen LogP contribution is 2.24. The molecule has 5 heteroatoms. The van der Waals surface area contributed by atoms with Gasteiger partial charge in [-0.3, -0.25) is 4.79 Å². The Bertz CT molecular complexity index is 692. The molecule has 1 heterocycles. The van der Waals surface area contributed by atoms with E-state index in [1.165, 1.54) is 18.2 Å². The standard InChI is InChI=1S/C19H20FNO3/c20-16-8-4-7-15(11-16)17(22)12-19(23)21-9-10-24-18(13-21)14-5-2-1-3-6-14/h1-8,11,17-18,22H,9-10,12-13H2. The molecule has 2 atom stereocenters. The van der Waals surface area contributed by atoms with Crippen molar-refractivity contribution in [3.63, 3.8) is 0 Å². The number of benzene rings is 2. The second kappa shape index (κ2) is 7.55. The van der Waals surface area contributed by atoms with E-state index in [4.69, 9.17) is 4.74 Å². The van der Waals surface area contributed by atoms with Gasteiger partial charge in [-0.05, 0) is 23.3 Å². The summed E-state index contributed by atoms with van der Waals surface area (Å²) in [5, 5.41) is 10.2. The fourth-order valence-corrected chi connectivity index (χ4v) is 2.87. The average Bonchev–Trinajstić information content (AvgIpc) is 2.62. The Morgan fingerprint density at radius 2 is 2.04 bits per heavy atom. The zero-order valence-electron chi connectivity index (χ0n) is 13.3. The van der Waals surface area contributed by atoms with Crippen LogP contribution in [-0.2, 0) is 9.53 Å². The Labute approximate surface area is 140 Å². The SMILES string of the molecule is O=C(CC(O)c1cccc(F)c1)N1CCOC(c2ccccc2)C1. The number of rotatable bonds is 4. The maximum atomic E-state index is 13.2. The zero-order chi connectivity index (χ0) is 16.9. The maximum Gasteiger partial charge on any atom is 0.225 e. The van der Waals surface area contributed by atoms with Crippen LogP contribution in [0.25, 0.3) is 0 Å². The molecule has 1 amide bonds. The van der Waals surface area contributed by atoms with Crippen molar-refractivity contribution in [2.75, 3.05) is 19.7 Å². The molecule has 24 heavy (non-hydrogen) atoms. The molecule has 2 aromatic carbocycles. The summed E-state index contributed by atoms with van der Waals surface area (Å²) in [6.45, 7) is 1.41. The normalized spacial score (nSPS) is 19.1. The number of aliphatic hydroxyl groups is 1. The van der Waals surface area contributed by atoms with E-state index in [-0.39, 0.29) is 18.4 Å². The topological polar surface area (TPSA) is 49.8 Å². The number of nitrogens with zero attached hydrogens (tertiary/aromatic N) is 1. The molecule has 0 radical (unpaired) electrons. The van der Waals surface area contributed by atoms with Gasteiger partial charge in [0.1, 0.15) is 11.9 Å². The summed E-state index contributed by atoms with van der Waals surface area (Å²) in [6.07, 6.45) is -1.23. The molecule has 0 saturated carbocycles.